The van der Waals surface area contributed by atoms with Gasteiger partial charge in [0.05, 0.1) is 40.3 Å². The molecule has 9 nitrogen and oxygen atoms in total. The summed E-state index contributed by atoms with van der Waals surface area (Å²) in [6.45, 7) is 4.81. The molecule has 0 spiro atoms. The van der Waals surface area contributed by atoms with Gasteiger partial charge in [0.25, 0.3) is 0 Å². The highest BCUT2D eigenvalue weighted by molar-refractivity contribution is 5.70. The summed E-state index contributed by atoms with van der Waals surface area (Å²) in [7, 11) is 5.95. The van der Waals surface area contributed by atoms with Crippen molar-refractivity contribution < 1.29 is 42.9 Å². The topological polar surface area (TPSA) is 111 Å². The van der Waals surface area contributed by atoms with E-state index in [0.29, 0.717) is 17.4 Å². The number of nitrogens with zero attached hydrogens (tertiary/aromatic N) is 1. The third-order valence-corrected chi connectivity index (χ3v) is 19.0. The number of hydrogen-bond donors (Lipinski definition) is 0. The molecule has 2 unspecified atom stereocenters. The number of carboxylic acid groups (broad SMARTS) is 1. The number of hydrogen-bond acceptors (Lipinski definition) is 8. The van der Waals surface area contributed by atoms with E-state index in [1.807, 2.05) is 21.1 Å². The molecule has 0 heterocycles. The molecule has 0 N–H and O–H groups in total. The maximum Gasteiger partial charge on any atom is 0.306 e. The molecule has 2 atom stereocenters. The highest BCUT2D eigenvalue weighted by Gasteiger charge is 2.22. The summed E-state index contributed by atoms with van der Waals surface area (Å²) in [5, 5.41) is 11.9. The standard InChI is InChI=1S/C86H161NO8/c1-6-8-10-12-14-16-18-20-22-24-26-28-30-32-34-36-38-40-42-44-46-48-50-52-54-56-58-60-62-64-66-68-70-72-74-76-83(88)93-80-82(81-94-86(85(90)91)92-79-78-87(3,4)5)95-84(89)77-75-73-71-69-67-65-63-61-59-57-55-53-51-49-47-45-43-41-39-37-35-33-31-29-27-25-23-21-19-17-15-13-11-9-7-2/h18-21,24-27,82,86H,6-17,22-23,28-81H2,1-5H3/b20-18-,21-19-,26-24-,27-25-. The second-order valence-electron chi connectivity index (χ2n) is 29.8. The largest absolute Gasteiger partial charge is 0.545 e. The predicted molar refractivity (Wildman–Crippen MR) is 408 cm³/mol. The molecule has 0 bridgehead atoms. The fourth-order valence-electron chi connectivity index (χ4n) is 12.7. The Kier molecular flexibility index (Phi) is 74.8. The van der Waals surface area contributed by atoms with Crippen LogP contribution in [0.3, 0.4) is 0 Å². The summed E-state index contributed by atoms with van der Waals surface area (Å²) in [5.74, 6) is -2.25. The molecule has 0 fully saturated rings. The van der Waals surface area contributed by atoms with E-state index >= 15 is 0 Å². The Labute approximate surface area is 591 Å². The minimum absolute atomic E-state index is 0.151. The minimum Gasteiger partial charge on any atom is -0.545 e. The van der Waals surface area contributed by atoms with Crippen LogP contribution in [0.1, 0.15) is 425 Å². The fourth-order valence-corrected chi connectivity index (χ4v) is 12.7. The maximum absolute atomic E-state index is 13.0. The molecule has 0 amide bonds. The third kappa shape index (κ3) is 78.5. The van der Waals surface area contributed by atoms with Gasteiger partial charge >= 0.3 is 11.9 Å². The van der Waals surface area contributed by atoms with Gasteiger partial charge < -0.3 is 33.3 Å². The quantitative estimate of drug-likeness (QED) is 0.0195. The Morgan fingerprint density at radius 3 is 0.832 bits per heavy atom. The van der Waals surface area contributed by atoms with E-state index in [2.05, 4.69) is 62.5 Å². The van der Waals surface area contributed by atoms with Crippen molar-refractivity contribution in [2.75, 3.05) is 47.5 Å². The lowest BCUT2D eigenvalue weighted by molar-refractivity contribution is -0.870. The number of esters is 2. The third-order valence-electron chi connectivity index (χ3n) is 19.0. The molecule has 0 aromatic rings. The second kappa shape index (κ2) is 77.0. The molecule has 0 aliphatic rings. The SMILES string of the molecule is CCCCCCC/C=C\C/C=C\CCCCCCCCCCCCCCCCCCCCCCCCCC(=O)OCC(COC(OCC[N+](C)(C)C)C(=O)[O-])OC(=O)CCCCCCCCCCCCCCCCCCCCCCCCC/C=C\C/C=C\CCCCCCC. The second-order valence-corrected chi connectivity index (χ2v) is 29.8. The van der Waals surface area contributed by atoms with Crippen LogP contribution in [0.25, 0.3) is 0 Å². The number of carbonyl (C=O) groups is 3. The number of quaternary nitrogens is 1. The number of unbranched alkanes of at least 4 members (excludes halogenated alkanes) is 56. The lowest BCUT2D eigenvalue weighted by Gasteiger charge is -2.26. The van der Waals surface area contributed by atoms with Crippen molar-refractivity contribution in [2.24, 2.45) is 0 Å². The zero-order valence-electron chi connectivity index (χ0n) is 64.1. The van der Waals surface area contributed by atoms with Crippen LogP contribution in [0.4, 0.5) is 0 Å². The Morgan fingerprint density at radius 2 is 0.568 bits per heavy atom. The molecule has 0 saturated carbocycles. The van der Waals surface area contributed by atoms with Crippen molar-refractivity contribution in [3.63, 3.8) is 0 Å². The Bertz CT molecular complexity index is 1700. The average Bonchev–Trinajstić information content (AvgIpc) is 2.94. The lowest BCUT2D eigenvalue weighted by atomic mass is 10.0. The van der Waals surface area contributed by atoms with E-state index in [1.54, 1.807) is 0 Å². The molecular weight excluding hydrogens is 1170 g/mol. The summed E-state index contributed by atoms with van der Waals surface area (Å²) in [4.78, 5) is 37.6. The number of rotatable bonds is 79. The number of carbonyl (C=O) groups excluding carboxylic acids is 3. The van der Waals surface area contributed by atoms with Gasteiger partial charge in [-0.3, -0.25) is 9.59 Å². The van der Waals surface area contributed by atoms with Gasteiger partial charge in [-0.15, -0.1) is 0 Å². The molecular formula is C86H161NO8. The summed E-state index contributed by atoms with van der Waals surface area (Å²) in [6, 6.07) is 0. The van der Waals surface area contributed by atoms with Crippen molar-refractivity contribution in [2.45, 2.75) is 437 Å². The molecule has 0 saturated heterocycles. The Balaban J connectivity index is 3.95. The van der Waals surface area contributed by atoms with Crippen molar-refractivity contribution in [1.82, 2.24) is 0 Å². The van der Waals surface area contributed by atoms with Gasteiger partial charge in [-0.2, -0.15) is 0 Å². The van der Waals surface area contributed by atoms with Gasteiger partial charge in [-0.25, -0.2) is 0 Å². The number of aliphatic carboxylic acids is 1. The van der Waals surface area contributed by atoms with Gasteiger partial charge in [-0.05, 0) is 77.0 Å². The highest BCUT2D eigenvalue weighted by Crippen LogP contribution is 2.20. The van der Waals surface area contributed by atoms with Crippen molar-refractivity contribution >= 4 is 17.9 Å². The summed E-state index contributed by atoms with van der Waals surface area (Å²) >= 11 is 0. The van der Waals surface area contributed by atoms with Crippen LogP contribution in [0.5, 0.6) is 0 Å². The molecule has 0 rings (SSSR count). The van der Waals surface area contributed by atoms with Gasteiger partial charge in [0, 0.05) is 12.8 Å². The van der Waals surface area contributed by atoms with Crippen LogP contribution in [0.15, 0.2) is 48.6 Å². The van der Waals surface area contributed by atoms with E-state index in [1.165, 1.54) is 347 Å². The minimum atomic E-state index is -1.62. The smallest absolute Gasteiger partial charge is 0.306 e. The van der Waals surface area contributed by atoms with Gasteiger partial charge in [0.15, 0.2) is 12.4 Å². The van der Waals surface area contributed by atoms with Crippen LogP contribution in [0.2, 0.25) is 0 Å². The van der Waals surface area contributed by atoms with Crippen molar-refractivity contribution in [1.29, 1.82) is 0 Å². The Morgan fingerprint density at radius 1 is 0.316 bits per heavy atom. The summed E-state index contributed by atoms with van der Waals surface area (Å²) in [5.41, 5.74) is 0. The Hall–Kier alpha value is -2.75. The van der Waals surface area contributed by atoms with E-state index in [9.17, 15) is 19.5 Å². The number of ether oxygens (including phenoxy) is 4. The van der Waals surface area contributed by atoms with E-state index in [-0.39, 0.29) is 32.2 Å². The van der Waals surface area contributed by atoms with Crippen LogP contribution in [-0.4, -0.2) is 82.3 Å². The van der Waals surface area contributed by atoms with Crippen LogP contribution in [-0.2, 0) is 33.3 Å². The van der Waals surface area contributed by atoms with E-state index in [0.717, 1.165) is 51.4 Å². The normalized spacial score (nSPS) is 12.8. The summed E-state index contributed by atoms with van der Waals surface area (Å²) in [6.07, 6.45) is 98.2. The molecule has 0 aromatic carbocycles. The summed E-state index contributed by atoms with van der Waals surface area (Å²) < 4.78 is 22.9. The van der Waals surface area contributed by atoms with Crippen LogP contribution >= 0.6 is 0 Å². The maximum atomic E-state index is 13.0. The zero-order valence-corrected chi connectivity index (χ0v) is 64.1. The van der Waals surface area contributed by atoms with Crippen molar-refractivity contribution in [3.05, 3.63) is 48.6 Å². The first-order chi connectivity index (χ1) is 46.6. The predicted octanol–water partition coefficient (Wildman–Crippen LogP) is 25.5. The number of likely N-dealkylation sites (N-methyl/N-ethyl adjacent to an activating group) is 1. The average molecular weight is 1340 g/mol. The first-order valence-corrected chi connectivity index (χ1v) is 41.8. The monoisotopic (exact) mass is 1340 g/mol. The number of allylic oxidation sites excluding steroid dienone is 8. The highest BCUT2D eigenvalue weighted by atomic mass is 16.7. The fraction of sp³-hybridized carbons (Fsp3) is 0.872. The molecule has 0 aromatic heterocycles. The lowest BCUT2D eigenvalue weighted by Crippen LogP contribution is -2.44. The van der Waals surface area contributed by atoms with Crippen LogP contribution < -0.4 is 5.11 Å². The molecule has 0 radical (unpaired) electrons. The molecule has 95 heavy (non-hydrogen) atoms. The molecule has 558 valence electrons. The van der Waals surface area contributed by atoms with Gasteiger partial charge in [0.1, 0.15) is 13.2 Å². The van der Waals surface area contributed by atoms with E-state index in [4.69, 9.17) is 18.9 Å². The zero-order chi connectivity index (χ0) is 69.0. The van der Waals surface area contributed by atoms with Crippen molar-refractivity contribution in [3.8, 4) is 0 Å². The number of carboxylic acids is 1. The first-order valence-electron chi connectivity index (χ1n) is 41.8. The molecule has 0 aliphatic heterocycles. The molecule has 0 aliphatic carbocycles. The van der Waals surface area contributed by atoms with Crippen LogP contribution in [0, 0.1) is 0 Å². The van der Waals surface area contributed by atoms with Gasteiger partial charge in [0.2, 0.25) is 0 Å². The first kappa shape index (κ1) is 92.2. The molecule has 9 heteroatoms. The van der Waals surface area contributed by atoms with Gasteiger partial charge in [-0.1, -0.05) is 383 Å². The van der Waals surface area contributed by atoms with E-state index < -0.39 is 24.3 Å².